The Hall–Kier alpha value is -2.36. The minimum atomic E-state index is 0.537. The number of nitrogens with one attached hydrogen (secondary N) is 1. The molecular weight excluding hydrogens is 272 g/mol. The fourth-order valence-electron chi connectivity index (χ4n) is 2.69. The van der Waals surface area contributed by atoms with Gasteiger partial charge in [-0.25, -0.2) is 0 Å². The molecule has 1 aromatic carbocycles. The fraction of sp³-hybridized carbons (Fsp3) is 0.333. The number of aliphatic imine (C=N–C) groups is 1. The van der Waals surface area contributed by atoms with Crippen molar-refractivity contribution in [1.82, 2.24) is 10.3 Å². The SMILES string of the molecule is NC(=NCC1CC1c1ccccc1)NCCc1ccccn1. The number of hydrogen-bond donors (Lipinski definition) is 2. The maximum Gasteiger partial charge on any atom is 0.188 e. The summed E-state index contributed by atoms with van der Waals surface area (Å²) >= 11 is 0. The maximum atomic E-state index is 5.92. The van der Waals surface area contributed by atoms with E-state index in [1.807, 2.05) is 24.4 Å². The van der Waals surface area contributed by atoms with Gasteiger partial charge >= 0.3 is 0 Å². The Morgan fingerprint density at radius 3 is 2.77 bits per heavy atom. The van der Waals surface area contributed by atoms with E-state index >= 15 is 0 Å². The Balaban J connectivity index is 1.38. The molecule has 1 heterocycles. The maximum absolute atomic E-state index is 5.92. The van der Waals surface area contributed by atoms with Crippen molar-refractivity contribution in [1.29, 1.82) is 0 Å². The third kappa shape index (κ3) is 4.07. The second-order valence-electron chi connectivity index (χ2n) is 5.74. The summed E-state index contributed by atoms with van der Waals surface area (Å²) in [6.45, 7) is 1.57. The van der Waals surface area contributed by atoms with Crippen LogP contribution in [0.2, 0.25) is 0 Å². The van der Waals surface area contributed by atoms with Crippen LogP contribution in [0.5, 0.6) is 0 Å². The molecule has 4 nitrogen and oxygen atoms in total. The predicted molar refractivity (Wildman–Crippen MR) is 89.7 cm³/mol. The molecule has 2 unspecified atom stereocenters. The zero-order chi connectivity index (χ0) is 15.2. The summed E-state index contributed by atoms with van der Waals surface area (Å²) in [5.41, 5.74) is 8.40. The Morgan fingerprint density at radius 1 is 1.18 bits per heavy atom. The number of aromatic nitrogens is 1. The van der Waals surface area contributed by atoms with Gasteiger partial charge < -0.3 is 11.1 Å². The zero-order valence-electron chi connectivity index (χ0n) is 12.7. The van der Waals surface area contributed by atoms with E-state index in [0.29, 0.717) is 17.8 Å². The van der Waals surface area contributed by atoms with Gasteiger partial charge in [0.05, 0.1) is 0 Å². The lowest BCUT2D eigenvalue weighted by molar-refractivity contribution is 0.785. The van der Waals surface area contributed by atoms with Crippen molar-refractivity contribution in [2.45, 2.75) is 18.8 Å². The standard InChI is InChI=1S/C18H22N4/c19-18(21-11-9-16-8-4-5-10-20-16)22-13-15-12-17(15)14-6-2-1-3-7-14/h1-8,10,15,17H,9,11-13H2,(H3,19,21,22). The minimum Gasteiger partial charge on any atom is -0.370 e. The molecule has 1 aromatic heterocycles. The number of rotatable bonds is 6. The van der Waals surface area contributed by atoms with Crippen LogP contribution in [0.15, 0.2) is 59.7 Å². The fourth-order valence-corrected chi connectivity index (χ4v) is 2.69. The third-order valence-corrected chi connectivity index (χ3v) is 4.06. The molecule has 0 aliphatic heterocycles. The molecule has 114 valence electrons. The predicted octanol–water partition coefficient (Wildman–Crippen LogP) is 2.33. The van der Waals surface area contributed by atoms with Crippen LogP contribution in [0.1, 0.15) is 23.6 Å². The molecule has 3 rings (SSSR count). The number of nitrogens with two attached hydrogens (primary N) is 1. The van der Waals surface area contributed by atoms with Crippen LogP contribution in [0.25, 0.3) is 0 Å². The van der Waals surface area contributed by atoms with Gasteiger partial charge in [-0.2, -0.15) is 0 Å². The number of benzene rings is 1. The van der Waals surface area contributed by atoms with Crippen molar-refractivity contribution in [3.63, 3.8) is 0 Å². The number of pyridine rings is 1. The van der Waals surface area contributed by atoms with Gasteiger partial charge in [0.1, 0.15) is 0 Å². The van der Waals surface area contributed by atoms with Crippen LogP contribution in [0, 0.1) is 5.92 Å². The van der Waals surface area contributed by atoms with Gasteiger partial charge in [0.15, 0.2) is 5.96 Å². The molecule has 0 spiro atoms. The van der Waals surface area contributed by atoms with E-state index in [0.717, 1.165) is 25.2 Å². The molecule has 0 radical (unpaired) electrons. The lowest BCUT2D eigenvalue weighted by Gasteiger charge is -2.05. The van der Waals surface area contributed by atoms with E-state index in [2.05, 4.69) is 45.6 Å². The molecule has 1 aliphatic rings. The molecule has 2 aromatic rings. The van der Waals surface area contributed by atoms with Crippen LogP contribution in [0.3, 0.4) is 0 Å². The molecule has 0 saturated heterocycles. The lowest BCUT2D eigenvalue weighted by atomic mass is 10.1. The molecule has 0 amide bonds. The molecule has 1 aliphatic carbocycles. The summed E-state index contributed by atoms with van der Waals surface area (Å²) in [5.74, 6) is 1.83. The van der Waals surface area contributed by atoms with Gasteiger partial charge in [-0.3, -0.25) is 9.98 Å². The molecule has 22 heavy (non-hydrogen) atoms. The van der Waals surface area contributed by atoms with E-state index in [9.17, 15) is 0 Å². The van der Waals surface area contributed by atoms with E-state index in [4.69, 9.17) is 5.73 Å². The number of hydrogen-bond acceptors (Lipinski definition) is 2. The lowest BCUT2D eigenvalue weighted by Crippen LogP contribution is -2.33. The molecule has 1 saturated carbocycles. The summed E-state index contributed by atoms with van der Waals surface area (Å²) in [7, 11) is 0. The van der Waals surface area contributed by atoms with Gasteiger partial charge in [-0.05, 0) is 36.0 Å². The van der Waals surface area contributed by atoms with Gasteiger partial charge in [0.2, 0.25) is 0 Å². The Morgan fingerprint density at radius 2 is 2.00 bits per heavy atom. The van der Waals surface area contributed by atoms with Crippen LogP contribution in [0.4, 0.5) is 0 Å². The van der Waals surface area contributed by atoms with Crippen molar-refractivity contribution in [3.8, 4) is 0 Å². The van der Waals surface area contributed by atoms with Crippen molar-refractivity contribution in [2.24, 2.45) is 16.6 Å². The van der Waals surface area contributed by atoms with Crippen LogP contribution in [-0.4, -0.2) is 24.0 Å². The van der Waals surface area contributed by atoms with Crippen molar-refractivity contribution in [3.05, 3.63) is 66.0 Å². The van der Waals surface area contributed by atoms with Crippen molar-refractivity contribution < 1.29 is 0 Å². The zero-order valence-corrected chi connectivity index (χ0v) is 12.7. The van der Waals surface area contributed by atoms with E-state index in [1.165, 1.54) is 12.0 Å². The number of nitrogens with zero attached hydrogens (tertiary/aromatic N) is 2. The topological polar surface area (TPSA) is 63.3 Å². The van der Waals surface area contributed by atoms with Crippen LogP contribution >= 0.6 is 0 Å². The summed E-state index contributed by atoms with van der Waals surface area (Å²) in [6.07, 6.45) is 3.88. The van der Waals surface area contributed by atoms with Gasteiger partial charge in [0, 0.05) is 31.4 Å². The number of guanidine groups is 1. The summed E-state index contributed by atoms with van der Waals surface area (Å²) in [6, 6.07) is 16.6. The second kappa shape index (κ2) is 7.07. The molecule has 2 atom stereocenters. The first-order chi connectivity index (χ1) is 10.8. The monoisotopic (exact) mass is 294 g/mol. The molecule has 4 heteroatoms. The van der Waals surface area contributed by atoms with Crippen molar-refractivity contribution in [2.75, 3.05) is 13.1 Å². The van der Waals surface area contributed by atoms with E-state index in [1.54, 1.807) is 0 Å². The first-order valence-electron chi connectivity index (χ1n) is 7.81. The first-order valence-corrected chi connectivity index (χ1v) is 7.81. The molecular formula is C18H22N4. The highest BCUT2D eigenvalue weighted by atomic mass is 15.1. The average Bonchev–Trinajstić information content (AvgIpc) is 3.34. The summed E-state index contributed by atoms with van der Waals surface area (Å²) in [5, 5.41) is 3.16. The van der Waals surface area contributed by atoms with E-state index < -0.39 is 0 Å². The molecule has 1 fully saturated rings. The van der Waals surface area contributed by atoms with Gasteiger partial charge in [-0.1, -0.05) is 36.4 Å². The highest BCUT2D eigenvalue weighted by Crippen LogP contribution is 2.47. The highest BCUT2D eigenvalue weighted by Gasteiger charge is 2.37. The smallest absolute Gasteiger partial charge is 0.188 e. The first kappa shape index (κ1) is 14.6. The summed E-state index contributed by atoms with van der Waals surface area (Å²) < 4.78 is 0. The highest BCUT2D eigenvalue weighted by molar-refractivity contribution is 5.77. The largest absolute Gasteiger partial charge is 0.370 e. The normalized spacial score (nSPS) is 20.6. The summed E-state index contributed by atoms with van der Waals surface area (Å²) in [4.78, 5) is 8.74. The Bertz CT molecular complexity index is 609. The molecule has 0 bridgehead atoms. The van der Waals surface area contributed by atoms with Gasteiger partial charge in [0.25, 0.3) is 0 Å². The van der Waals surface area contributed by atoms with Crippen LogP contribution in [-0.2, 0) is 6.42 Å². The molecule has 3 N–H and O–H groups in total. The average molecular weight is 294 g/mol. The van der Waals surface area contributed by atoms with E-state index in [-0.39, 0.29) is 0 Å². The quantitative estimate of drug-likeness (QED) is 0.635. The minimum absolute atomic E-state index is 0.537. The van der Waals surface area contributed by atoms with Gasteiger partial charge in [-0.15, -0.1) is 0 Å². The third-order valence-electron chi connectivity index (χ3n) is 4.06. The second-order valence-corrected chi connectivity index (χ2v) is 5.74. The van der Waals surface area contributed by atoms with Crippen molar-refractivity contribution >= 4 is 5.96 Å². The Kier molecular flexibility index (Phi) is 4.68. The Labute approximate surface area is 131 Å². The van der Waals surface area contributed by atoms with Crippen LogP contribution < -0.4 is 11.1 Å².